The molecule has 1 unspecified atom stereocenters. The van der Waals surface area contributed by atoms with Crippen LogP contribution < -0.4 is 0 Å². The van der Waals surface area contributed by atoms with Crippen LogP contribution >= 0.6 is 15.9 Å². The SMILES string of the molecule is COCCOC(=O)C(C)(Br)CC(C)(C)C(=O)OCCOC(=O)CCN1C(=O)C=CC1=O. The van der Waals surface area contributed by atoms with Crippen LogP contribution in [0.1, 0.15) is 33.6 Å². The van der Waals surface area contributed by atoms with E-state index in [0.29, 0.717) is 0 Å². The second kappa shape index (κ2) is 11.9. The van der Waals surface area contributed by atoms with Crippen molar-refractivity contribution >= 4 is 45.7 Å². The van der Waals surface area contributed by atoms with Gasteiger partial charge in [0, 0.05) is 25.8 Å². The van der Waals surface area contributed by atoms with Crippen molar-refractivity contribution in [2.24, 2.45) is 5.41 Å². The third kappa shape index (κ3) is 8.78. The van der Waals surface area contributed by atoms with Crippen molar-refractivity contribution in [1.82, 2.24) is 4.90 Å². The van der Waals surface area contributed by atoms with Gasteiger partial charge in [-0.1, -0.05) is 15.9 Å². The second-order valence-corrected chi connectivity index (χ2v) is 9.40. The molecule has 1 heterocycles. The molecule has 0 saturated carbocycles. The zero-order chi connectivity index (χ0) is 23.7. The quantitative estimate of drug-likeness (QED) is 0.119. The Morgan fingerprint density at radius 2 is 1.42 bits per heavy atom. The van der Waals surface area contributed by atoms with Crippen molar-refractivity contribution in [2.45, 2.75) is 37.9 Å². The van der Waals surface area contributed by atoms with Crippen LogP contribution in [0, 0.1) is 5.41 Å². The minimum Gasteiger partial charge on any atom is -0.462 e. The first-order valence-corrected chi connectivity index (χ1v) is 10.4. The van der Waals surface area contributed by atoms with E-state index < -0.39 is 39.5 Å². The molecule has 2 amide bonds. The highest BCUT2D eigenvalue weighted by Gasteiger charge is 2.42. The molecule has 0 radical (unpaired) electrons. The number of imide groups is 1. The first-order chi connectivity index (χ1) is 14.4. The summed E-state index contributed by atoms with van der Waals surface area (Å²) >= 11 is 3.31. The van der Waals surface area contributed by atoms with Gasteiger partial charge in [-0.3, -0.25) is 28.9 Å². The summed E-state index contributed by atoms with van der Waals surface area (Å²) < 4.78 is 18.9. The number of hydrogen-bond acceptors (Lipinski definition) is 9. The first-order valence-electron chi connectivity index (χ1n) is 9.62. The minimum absolute atomic E-state index is 0.0827. The maximum absolute atomic E-state index is 12.4. The molecule has 0 N–H and O–H groups in total. The summed E-state index contributed by atoms with van der Waals surface area (Å²) in [5, 5.41) is 0. The molecule has 0 bridgehead atoms. The Morgan fingerprint density at radius 1 is 0.903 bits per heavy atom. The normalized spacial score (nSPS) is 15.6. The largest absolute Gasteiger partial charge is 0.462 e. The summed E-state index contributed by atoms with van der Waals surface area (Å²) in [6, 6.07) is 0. The van der Waals surface area contributed by atoms with E-state index in [1.807, 2.05) is 0 Å². The van der Waals surface area contributed by atoms with Gasteiger partial charge in [-0.2, -0.15) is 0 Å². The Morgan fingerprint density at radius 3 is 2.00 bits per heavy atom. The molecular weight excluding hydrogens is 478 g/mol. The van der Waals surface area contributed by atoms with E-state index in [2.05, 4.69) is 15.9 Å². The highest BCUT2D eigenvalue weighted by atomic mass is 79.9. The number of carbonyl (C=O) groups is 5. The van der Waals surface area contributed by atoms with Crippen molar-refractivity contribution in [3.63, 3.8) is 0 Å². The summed E-state index contributed by atoms with van der Waals surface area (Å²) in [6.45, 7) is 4.79. The van der Waals surface area contributed by atoms with Crippen LogP contribution in [0.4, 0.5) is 0 Å². The van der Waals surface area contributed by atoms with Crippen LogP contribution in [0.25, 0.3) is 0 Å². The van der Waals surface area contributed by atoms with Gasteiger partial charge < -0.3 is 18.9 Å². The van der Waals surface area contributed by atoms with E-state index in [4.69, 9.17) is 18.9 Å². The smallest absolute Gasteiger partial charge is 0.322 e. The Hall–Kier alpha value is -2.27. The van der Waals surface area contributed by atoms with Gasteiger partial charge in [0.25, 0.3) is 11.8 Å². The fourth-order valence-electron chi connectivity index (χ4n) is 2.75. The van der Waals surface area contributed by atoms with E-state index in [9.17, 15) is 24.0 Å². The van der Waals surface area contributed by atoms with Crippen LogP contribution in [0.5, 0.6) is 0 Å². The maximum Gasteiger partial charge on any atom is 0.322 e. The van der Waals surface area contributed by atoms with E-state index in [1.54, 1.807) is 20.8 Å². The average molecular weight is 506 g/mol. The predicted molar refractivity (Wildman–Crippen MR) is 111 cm³/mol. The summed E-state index contributed by atoms with van der Waals surface area (Å²) in [6.07, 6.45) is 2.21. The molecule has 1 rings (SSSR count). The zero-order valence-electron chi connectivity index (χ0n) is 18.1. The van der Waals surface area contributed by atoms with E-state index in [-0.39, 0.29) is 45.8 Å². The van der Waals surface area contributed by atoms with Gasteiger partial charge in [0.2, 0.25) is 0 Å². The van der Waals surface area contributed by atoms with Crippen molar-refractivity contribution in [1.29, 1.82) is 0 Å². The van der Waals surface area contributed by atoms with Crippen LogP contribution in [0.3, 0.4) is 0 Å². The van der Waals surface area contributed by atoms with Crippen molar-refractivity contribution in [3.8, 4) is 0 Å². The number of halogens is 1. The molecule has 10 nitrogen and oxygen atoms in total. The van der Waals surface area contributed by atoms with Gasteiger partial charge in [-0.05, 0) is 27.2 Å². The summed E-state index contributed by atoms with van der Waals surface area (Å²) in [5.41, 5.74) is -1.02. The number of rotatable bonds is 13. The van der Waals surface area contributed by atoms with E-state index in [1.165, 1.54) is 7.11 Å². The molecule has 0 aromatic carbocycles. The monoisotopic (exact) mass is 505 g/mol. The number of ether oxygens (including phenoxy) is 4. The van der Waals surface area contributed by atoms with E-state index in [0.717, 1.165) is 17.1 Å². The molecular formula is C20H28BrNO9. The number of hydrogen-bond donors (Lipinski definition) is 0. The standard InChI is InChI=1S/C20H28BrNO9/c1-19(2,13-20(3,21)18(27)31-10-9-28-4)17(26)30-12-11-29-16(25)7-8-22-14(23)5-6-15(22)24/h5-6H,7-13H2,1-4H3. The summed E-state index contributed by atoms with van der Waals surface area (Å²) in [5.74, 6) is -2.68. The lowest BCUT2D eigenvalue weighted by atomic mass is 9.83. The van der Waals surface area contributed by atoms with Crippen molar-refractivity contribution in [3.05, 3.63) is 12.2 Å². The Kier molecular flexibility index (Phi) is 10.3. The molecule has 0 saturated heterocycles. The fraction of sp³-hybridized carbons (Fsp3) is 0.650. The summed E-state index contributed by atoms with van der Waals surface area (Å²) in [7, 11) is 1.49. The fourth-order valence-corrected chi connectivity index (χ4v) is 3.57. The molecule has 0 aliphatic carbocycles. The van der Waals surface area contributed by atoms with Gasteiger partial charge in [-0.25, -0.2) is 0 Å². The molecule has 1 aliphatic rings. The molecule has 0 aromatic rings. The Labute approximate surface area is 189 Å². The van der Waals surface area contributed by atoms with Gasteiger partial charge in [-0.15, -0.1) is 0 Å². The number of amides is 2. The van der Waals surface area contributed by atoms with Gasteiger partial charge >= 0.3 is 17.9 Å². The first kappa shape index (κ1) is 26.8. The molecule has 0 spiro atoms. The lowest BCUT2D eigenvalue weighted by Gasteiger charge is -2.30. The predicted octanol–water partition coefficient (Wildman–Crippen LogP) is 1.15. The Balaban J connectivity index is 2.35. The van der Waals surface area contributed by atoms with Gasteiger partial charge in [0.15, 0.2) is 0 Å². The average Bonchev–Trinajstić information content (AvgIpc) is 3.00. The lowest BCUT2D eigenvalue weighted by molar-refractivity contribution is -0.161. The van der Waals surface area contributed by atoms with Gasteiger partial charge in [0.05, 0.1) is 18.4 Å². The third-order valence-electron chi connectivity index (χ3n) is 4.29. The molecule has 11 heteroatoms. The molecule has 174 valence electrons. The molecule has 0 fully saturated rings. The molecule has 0 aromatic heterocycles. The van der Waals surface area contributed by atoms with Crippen molar-refractivity contribution in [2.75, 3.05) is 40.1 Å². The number of nitrogens with zero attached hydrogens (tertiary/aromatic N) is 1. The van der Waals surface area contributed by atoms with Crippen LogP contribution in [0.15, 0.2) is 12.2 Å². The minimum atomic E-state index is -1.10. The number of esters is 3. The highest BCUT2D eigenvalue weighted by Crippen LogP contribution is 2.35. The van der Waals surface area contributed by atoms with Crippen LogP contribution in [-0.4, -0.2) is 79.0 Å². The zero-order valence-corrected chi connectivity index (χ0v) is 19.7. The summed E-state index contributed by atoms with van der Waals surface area (Å²) in [4.78, 5) is 60.1. The van der Waals surface area contributed by atoms with E-state index >= 15 is 0 Å². The maximum atomic E-state index is 12.4. The third-order valence-corrected chi connectivity index (χ3v) is 4.90. The number of methoxy groups -OCH3 is 1. The van der Waals surface area contributed by atoms with Crippen molar-refractivity contribution < 1.29 is 42.9 Å². The molecule has 31 heavy (non-hydrogen) atoms. The molecule has 1 aliphatic heterocycles. The lowest BCUT2D eigenvalue weighted by Crippen LogP contribution is -2.40. The number of carbonyl (C=O) groups excluding carboxylic acids is 5. The van der Waals surface area contributed by atoms with Crippen LogP contribution in [0.2, 0.25) is 0 Å². The van der Waals surface area contributed by atoms with Gasteiger partial charge in [0.1, 0.15) is 24.1 Å². The second-order valence-electron chi connectivity index (χ2n) is 7.65. The van der Waals surface area contributed by atoms with Crippen LogP contribution in [-0.2, 0) is 42.9 Å². The topological polar surface area (TPSA) is 126 Å². The number of alkyl halides is 1. The highest BCUT2D eigenvalue weighted by molar-refractivity contribution is 9.10. The Bertz CT molecular complexity index is 712. The molecule has 1 atom stereocenters.